The molecule has 0 bridgehead atoms. The molecule has 2 heterocycles. The highest BCUT2D eigenvalue weighted by atomic mass is 16.5. The molecule has 1 N–H and O–H groups in total. The van der Waals surface area contributed by atoms with Gasteiger partial charge < -0.3 is 19.5 Å². The van der Waals surface area contributed by atoms with E-state index in [4.69, 9.17) is 4.74 Å². The van der Waals surface area contributed by atoms with E-state index in [-0.39, 0.29) is 24.8 Å². The van der Waals surface area contributed by atoms with E-state index in [2.05, 4.69) is 10.3 Å². The number of hydrogen-bond donors (Lipinski definition) is 1. The van der Waals surface area contributed by atoms with Crippen LogP contribution < -0.4 is 5.32 Å². The maximum Gasteiger partial charge on any atom is 0.337 e. The predicted octanol–water partition coefficient (Wildman–Crippen LogP) is 2.63. The average molecular weight is 420 g/mol. The minimum absolute atomic E-state index is 0.00553. The fourth-order valence-electron chi connectivity index (χ4n) is 3.84. The molecule has 0 radical (unpaired) electrons. The summed E-state index contributed by atoms with van der Waals surface area (Å²) in [7, 11) is 1.31. The lowest BCUT2D eigenvalue weighted by atomic mass is 10.2. The summed E-state index contributed by atoms with van der Waals surface area (Å²) in [6, 6.07) is 14.1. The molecule has 0 atom stereocenters. The van der Waals surface area contributed by atoms with Crippen molar-refractivity contribution in [2.75, 3.05) is 25.5 Å². The number of amides is 2. The zero-order valence-corrected chi connectivity index (χ0v) is 17.3. The molecule has 0 unspecified atom stereocenters. The maximum absolute atomic E-state index is 12.8. The van der Waals surface area contributed by atoms with Gasteiger partial charge in [-0.2, -0.15) is 0 Å². The number of methoxy groups -OCH3 is 1. The van der Waals surface area contributed by atoms with Crippen LogP contribution in [0.1, 0.15) is 29.0 Å². The Morgan fingerprint density at radius 3 is 2.61 bits per heavy atom. The number of hydrogen-bond acceptors (Lipinski definition) is 5. The monoisotopic (exact) mass is 420 g/mol. The third kappa shape index (κ3) is 4.58. The number of rotatable bonds is 6. The number of esters is 1. The first kappa shape index (κ1) is 20.6. The Balaban J connectivity index is 1.55. The highest BCUT2D eigenvalue weighted by Crippen LogP contribution is 2.19. The van der Waals surface area contributed by atoms with Gasteiger partial charge in [-0.25, -0.2) is 9.78 Å². The van der Waals surface area contributed by atoms with Crippen LogP contribution in [0.5, 0.6) is 0 Å². The van der Waals surface area contributed by atoms with Crippen LogP contribution in [0, 0.1) is 0 Å². The van der Waals surface area contributed by atoms with Crippen LogP contribution in [-0.4, -0.2) is 52.4 Å². The highest BCUT2D eigenvalue weighted by molar-refractivity contribution is 5.95. The zero-order chi connectivity index (χ0) is 21.8. The molecular weight excluding hydrogens is 396 g/mol. The Morgan fingerprint density at radius 2 is 1.84 bits per heavy atom. The lowest BCUT2D eigenvalue weighted by molar-refractivity contribution is -0.129. The standard InChI is InChI=1S/C23H24N4O4/c1-31-23(30)16-7-6-8-17(13-16)24-21(28)15-27-19-10-3-2-9-18(19)25-20(27)14-22(29)26-11-4-5-12-26/h2-3,6-10,13H,4-5,11-12,14-15H2,1H3,(H,24,28). The van der Waals surface area contributed by atoms with Gasteiger partial charge >= 0.3 is 5.97 Å². The van der Waals surface area contributed by atoms with Crippen molar-refractivity contribution >= 4 is 34.5 Å². The van der Waals surface area contributed by atoms with Crippen LogP contribution in [0.2, 0.25) is 0 Å². The molecule has 4 rings (SSSR count). The first-order valence-corrected chi connectivity index (χ1v) is 10.3. The average Bonchev–Trinajstić information content (AvgIpc) is 3.42. The third-order valence-electron chi connectivity index (χ3n) is 5.37. The minimum Gasteiger partial charge on any atom is -0.465 e. The molecule has 1 saturated heterocycles. The number of para-hydroxylation sites is 2. The smallest absolute Gasteiger partial charge is 0.337 e. The number of carbonyl (C=O) groups is 3. The second kappa shape index (κ2) is 8.99. The van der Waals surface area contributed by atoms with Gasteiger partial charge in [-0.1, -0.05) is 18.2 Å². The van der Waals surface area contributed by atoms with E-state index in [1.807, 2.05) is 29.2 Å². The van der Waals surface area contributed by atoms with Gasteiger partial charge in [0.25, 0.3) is 0 Å². The van der Waals surface area contributed by atoms with Gasteiger partial charge in [-0.15, -0.1) is 0 Å². The van der Waals surface area contributed by atoms with Crippen LogP contribution in [0.15, 0.2) is 48.5 Å². The summed E-state index contributed by atoms with van der Waals surface area (Å²) in [4.78, 5) is 43.7. The van der Waals surface area contributed by atoms with Gasteiger partial charge in [-0.3, -0.25) is 9.59 Å². The largest absolute Gasteiger partial charge is 0.465 e. The summed E-state index contributed by atoms with van der Waals surface area (Å²) in [5.41, 5.74) is 2.38. The lowest BCUT2D eigenvalue weighted by Crippen LogP contribution is -2.30. The van der Waals surface area contributed by atoms with Crippen LogP contribution >= 0.6 is 0 Å². The van der Waals surface area contributed by atoms with Crippen molar-refractivity contribution in [2.45, 2.75) is 25.8 Å². The molecule has 1 aliphatic rings. The number of fused-ring (bicyclic) bond motifs is 1. The number of imidazole rings is 1. The van der Waals surface area contributed by atoms with Gasteiger partial charge in [0.15, 0.2) is 0 Å². The number of benzene rings is 2. The van der Waals surface area contributed by atoms with Crippen molar-refractivity contribution in [3.63, 3.8) is 0 Å². The predicted molar refractivity (Wildman–Crippen MR) is 116 cm³/mol. The number of nitrogens with zero attached hydrogens (tertiary/aromatic N) is 3. The Bertz CT molecular complexity index is 1130. The van der Waals surface area contributed by atoms with Crippen molar-refractivity contribution in [2.24, 2.45) is 0 Å². The van der Waals surface area contributed by atoms with Gasteiger partial charge in [0.05, 0.1) is 30.1 Å². The highest BCUT2D eigenvalue weighted by Gasteiger charge is 2.22. The fraction of sp³-hybridized carbons (Fsp3) is 0.304. The summed E-state index contributed by atoms with van der Waals surface area (Å²) in [5.74, 6) is -0.156. The molecule has 1 aromatic heterocycles. The van der Waals surface area contributed by atoms with Gasteiger partial charge in [0.2, 0.25) is 11.8 Å². The molecule has 31 heavy (non-hydrogen) atoms. The number of ether oxygens (including phenoxy) is 1. The van der Waals surface area contributed by atoms with E-state index in [1.165, 1.54) is 7.11 Å². The zero-order valence-electron chi connectivity index (χ0n) is 17.3. The number of likely N-dealkylation sites (tertiary alicyclic amines) is 1. The SMILES string of the molecule is COC(=O)c1cccc(NC(=O)Cn2c(CC(=O)N3CCCC3)nc3ccccc32)c1. The summed E-state index contributed by atoms with van der Waals surface area (Å²) in [6.45, 7) is 1.55. The summed E-state index contributed by atoms with van der Waals surface area (Å²) in [6.07, 6.45) is 2.20. The van der Waals surface area contributed by atoms with Crippen molar-refractivity contribution in [3.8, 4) is 0 Å². The van der Waals surface area contributed by atoms with E-state index < -0.39 is 5.97 Å². The number of nitrogens with one attached hydrogen (secondary N) is 1. The minimum atomic E-state index is -0.473. The number of carbonyl (C=O) groups excluding carboxylic acids is 3. The van der Waals surface area contributed by atoms with Gasteiger partial charge in [-0.05, 0) is 43.2 Å². The Morgan fingerprint density at radius 1 is 1.06 bits per heavy atom. The maximum atomic E-state index is 12.8. The Hall–Kier alpha value is -3.68. The lowest BCUT2D eigenvalue weighted by Gasteiger charge is -2.16. The Labute approximate surface area is 179 Å². The first-order valence-electron chi connectivity index (χ1n) is 10.3. The van der Waals surface area contributed by atoms with Crippen molar-refractivity contribution in [3.05, 3.63) is 59.9 Å². The molecule has 2 aromatic carbocycles. The molecule has 1 aliphatic heterocycles. The number of aromatic nitrogens is 2. The normalized spacial score (nSPS) is 13.4. The van der Waals surface area contributed by atoms with Crippen molar-refractivity contribution < 1.29 is 19.1 Å². The topological polar surface area (TPSA) is 93.5 Å². The molecule has 0 saturated carbocycles. The van der Waals surface area contributed by atoms with E-state index in [9.17, 15) is 14.4 Å². The second-order valence-electron chi connectivity index (χ2n) is 7.49. The van der Waals surface area contributed by atoms with Crippen LogP contribution in [0.4, 0.5) is 5.69 Å². The quantitative estimate of drug-likeness (QED) is 0.619. The molecule has 8 nitrogen and oxygen atoms in total. The molecule has 1 fully saturated rings. The summed E-state index contributed by atoms with van der Waals surface area (Å²) >= 11 is 0. The van der Waals surface area contributed by atoms with Crippen LogP contribution in [0.25, 0.3) is 11.0 Å². The third-order valence-corrected chi connectivity index (χ3v) is 5.37. The molecule has 160 valence electrons. The molecule has 3 aromatic rings. The Kier molecular flexibility index (Phi) is 5.97. The van der Waals surface area contributed by atoms with Crippen molar-refractivity contribution in [1.29, 1.82) is 0 Å². The van der Waals surface area contributed by atoms with E-state index in [0.717, 1.165) is 37.0 Å². The van der Waals surface area contributed by atoms with Gasteiger partial charge in [0, 0.05) is 18.8 Å². The van der Waals surface area contributed by atoms with Crippen LogP contribution in [-0.2, 0) is 27.3 Å². The van der Waals surface area contributed by atoms with E-state index in [1.54, 1.807) is 28.8 Å². The molecule has 0 aliphatic carbocycles. The summed E-state index contributed by atoms with van der Waals surface area (Å²) in [5, 5.41) is 2.81. The van der Waals surface area contributed by atoms with E-state index >= 15 is 0 Å². The molecular formula is C23H24N4O4. The fourth-order valence-corrected chi connectivity index (χ4v) is 3.84. The van der Waals surface area contributed by atoms with Crippen molar-refractivity contribution in [1.82, 2.24) is 14.5 Å². The second-order valence-corrected chi connectivity index (χ2v) is 7.49. The number of anilines is 1. The van der Waals surface area contributed by atoms with Crippen LogP contribution in [0.3, 0.4) is 0 Å². The first-order chi connectivity index (χ1) is 15.0. The van der Waals surface area contributed by atoms with E-state index in [0.29, 0.717) is 17.1 Å². The molecule has 0 spiro atoms. The molecule has 8 heteroatoms. The summed E-state index contributed by atoms with van der Waals surface area (Å²) < 4.78 is 6.51. The molecule has 2 amide bonds. The van der Waals surface area contributed by atoms with Gasteiger partial charge in [0.1, 0.15) is 12.4 Å².